The molecule has 0 aliphatic carbocycles. The molecule has 6 heteroatoms. The number of hydrogen-bond donors (Lipinski definition) is 2. The van der Waals surface area contributed by atoms with Crippen molar-refractivity contribution < 1.29 is 4.79 Å². The first kappa shape index (κ1) is 17.3. The summed E-state index contributed by atoms with van der Waals surface area (Å²) in [6.07, 6.45) is 1.71. The van der Waals surface area contributed by atoms with Gasteiger partial charge in [-0.2, -0.15) is 5.10 Å². The molecule has 4 rings (SSSR count). The van der Waals surface area contributed by atoms with Crippen LogP contribution in [0.3, 0.4) is 0 Å². The van der Waals surface area contributed by atoms with Gasteiger partial charge in [-0.15, -0.1) is 0 Å². The van der Waals surface area contributed by atoms with Crippen molar-refractivity contribution >= 4 is 11.6 Å². The summed E-state index contributed by atoms with van der Waals surface area (Å²) in [6.45, 7) is 4.07. The van der Waals surface area contributed by atoms with Gasteiger partial charge in [-0.25, -0.2) is 0 Å². The zero-order chi connectivity index (χ0) is 18.8. The maximum Gasteiger partial charge on any atom is 0.249 e. The normalized spacial score (nSPS) is 15.1. The zero-order valence-corrected chi connectivity index (χ0v) is 15.4. The van der Waals surface area contributed by atoms with Crippen LogP contribution < -0.4 is 10.6 Å². The highest BCUT2D eigenvalue weighted by molar-refractivity contribution is 6.04. The molecule has 6 nitrogen and oxygen atoms in total. The van der Waals surface area contributed by atoms with E-state index in [9.17, 15) is 4.79 Å². The molecule has 0 spiro atoms. The number of amides is 1. The van der Waals surface area contributed by atoms with Gasteiger partial charge in [0.15, 0.2) is 0 Å². The van der Waals surface area contributed by atoms with Crippen LogP contribution in [0.15, 0.2) is 54.7 Å². The topological polar surface area (TPSA) is 78.2 Å². The standard InChI is InChI=1S/C21H23N5O/c1-25-10-12-26(13-11-25)16-5-2-4-15(14-16)20-17(19-8-9-23-24-19)6-3-7-18(20)21(22)27/h2-9,14H,10-13H2,1H3,(H2,22,27)(H,23,24). The summed E-state index contributed by atoms with van der Waals surface area (Å²) in [6, 6.07) is 15.8. The minimum absolute atomic E-state index is 0.434. The molecule has 0 bridgehead atoms. The van der Waals surface area contributed by atoms with E-state index in [1.807, 2.05) is 30.3 Å². The number of nitrogens with zero attached hydrogens (tertiary/aromatic N) is 3. The molecule has 2 aromatic carbocycles. The second kappa shape index (κ2) is 7.25. The largest absolute Gasteiger partial charge is 0.369 e. The van der Waals surface area contributed by atoms with Gasteiger partial charge in [-0.1, -0.05) is 24.3 Å². The first-order chi connectivity index (χ1) is 13.1. The summed E-state index contributed by atoms with van der Waals surface area (Å²) in [5.74, 6) is -0.434. The van der Waals surface area contributed by atoms with Crippen LogP contribution in [0.25, 0.3) is 22.4 Å². The van der Waals surface area contributed by atoms with E-state index in [0.717, 1.165) is 54.3 Å². The van der Waals surface area contributed by atoms with Gasteiger partial charge in [0, 0.05) is 54.8 Å². The first-order valence-corrected chi connectivity index (χ1v) is 9.10. The Bertz CT molecular complexity index is 943. The fourth-order valence-corrected chi connectivity index (χ4v) is 3.62. The number of anilines is 1. The van der Waals surface area contributed by atoms with Crippen LogP contribution in [0.2, 0.25) is 0 Å². The molecule has 1 saturated heterocycles. The van der Waals surface area contributed by atoms with Crippen molar-refractivity contribution in [2.45, 2.75) is 0 Å². The maximum atomic E-state index is 12.1. The molecule has 2 heterocycles. The SMILES string of the molecule is CN1CCN(c2cccc(-c3c(C(N)=O)cccc3-c3ccn[nH]3)c2)CC1. The number of piperazine rings is 1. The predicted octanol–water partition coefficient (Wildman–Crippen LogP) is 2.59. The number of benzene rings is 2. The van der Waals surface area contributed by atoms with Crippen molar-refractivity contribution in [3.63, 3.8) is 0 Å². The second-order valence-corrected chi connectivity index (χ2v) is 6.90. The average Bonchev–Trinajstić information content (AvgIpc) is 3.23. The Balaban J connectivity index is 1.81. The highest BCUT2D eigenvalue weighted by atomic mass is 16.1. The minimum Gasteiger partial charge on any atom is -0.369 e. The Morgan fingerprint density at radius 3 is 2.56 bits per heavy atom. The van der Waals surface area contributed by atoms with Crippen molar-refractivity contribution in [2.75, 3.05) is 38.1 Å². The number of nitrogens with two attached hydrogens (primary N) is 1. The number of aromatic amines is 1. The van der Waals surface area contributed by atoms with E-state index in [4.69, 9.17) is 5.73 Å². The van der Waals surface area contributed by atoms with Crippen LogP contribution >= 0.6 is 0 Å². The number of primary amides is 1. The molecule has 1 aliphatic rings. The van der Waals surface area contributed by atoms with Crippen molar-refractivity contribution in [1.82, 2.24) is 15.1 Å². The van der Waals surface area contributed by atoms with E-state index in [0.29, 0.717) is 5.56 Å². The highest BCUT2D eigenvalue weighted by Gasteiger charge is 2.19. The van der Waals surface area contributed by atoms with Crippen molar-refractivity contribution in [3.8, 4) is 22.4 Å². The van der Waals surface area contributed by atoms with Crippen LogP contribution in [0.5, 0.6) is 0 Å². The number of likely N-dealkylation sites (N-methyl/N-ethyl adjacent to an activating group) is 1. The lowest BCUT2D eigenvalue weighted by molar-refractivity contribution is 0.100. The Hall–Kier alpha value is -3.12. The molecule has 0 atom stereocenters. The number of hydrogen-bond acceptors (Lipinski definition) is 4. The second-order valence-electron chi connectivity index (χ2n) is 6.90. The molecular formula is C21H23N5O. The summed E-state index contributed by atoms with van der Waals surface area (Å²) >= 11 is 0. The van der Waals surface area contributed by atoms with E-state index in [1.54, 1.807) is 12.3 Å². The average molecular weight is 361 g/mol. The maximum absolute atomic E-state index is 12.1. The van der Waals surface area contributed by atoms with E-state index < -0.39 is 5.91 Å². The first-order valence-electron chi connectivity index (χ1n) is 9.10. The molecule has 3 N–H and O–H groups in total. The monoisotopic (exact) mass is 361 g/mol. The molecule has 0 radical (unpaired) electrons. The smallest absolute Gasteiger partial charge is 0.249 e. The molecule has 0 saturated carbocycles. The van der Waals surface area contributed by atoms with Crippen LogP contribution in [-0.2, 0) is 0 Å². The third kappa shape index (κ3) is 3.44. The third-order valence-corrected chi connectivity index (χ3v) is 5.12. The molecule has 3 aromatic rings. The zero-order valence-electron chi connectivity index (χ0n) is 15.4. The summed E-state index contributed by atoms with van der Waals surface area (Å²) in [4.78, 5) is 16.8. The molecule has 1 amide bonds. The predicted molar refractivity (Wildman–Crippen MR) is 108 cm³/mol. The molecule has 27 heavy (non-hydrogen) atoms. The van der Waals surface area contributed by atoms with Gasteiger partial charge >= 0.3 is 0 Å². The Kier molecular flexibility index (Phi) is 4.64. The van der Waals surface area contributed by atoms with E-state index in [1.165, 1.54) is 0 Å². The molecule has 1 aromatic heterocycles. The van der Waals surface area contributed by atoms with Gasteiger partial charge < -0.3 is 15.5 Å². The van der Waals surface area contributed by atoms with Crippen LogP contribution in [-0.4, -0.2) is 54.2 Å². The summed E-state index contributed by atoms with van der Waals surface area (Å²) in [5, 5.41) is 7.05. The Morgan fingerprint density at radius 2 is 1.85 bits per heavy atom. The quantitative estimate of drug-likeness (QED) is 0.749. The van der Waals surface area contributed by atoms with Crippen molar-refractivity contribution in [3.05, 3.63) is 60.3 Å². The lowest BCUT2D eigenvalue weighted by atomic mass is 9.92. The molecule has 1 fully saturated rings. The van der Waals surface area contributed by atoms with Gasteiger partial charge in [0.25, 0.3) is 0 Å². The lowest BCUT2D eigenvalue weighted by Crippen LogP contribution is -2.44. The molecule has 0 unspecified atom stereocenters. The number of nitrogens with one attached hydrogen (secondary N) is 1. The van der Waals surface area contributed by atoms with Crippen molar-refractivity contribution in [1.29, 1.82) is 0 Å². The number of carbonyl (C=O) groups is 1. The minimum atomic E-state index is -0.434. The third-order valence-electron chi connectivity index (χ3n) is 5.12. The van der Waals surface area contributed by atoms with Gasteiger partial charge in [-0.05, 0) is 36.9 Å². The highest BCUT2D eigenvalue weighted by Crippen LogP contribution is 2.35. The Labute approximate surface area is 158 Å². The number of aromatic nitrogens is 2. The number of carbonyl (C=O) groups excluding carboxylic acids is 1. The summed E-state index contributed by atoms with van der Waals surface area (Å²) < 4.78 is 0. The number of rotatable bonds is 4. The molecule has 1 aliphatic heterocycles. The van der Waals surface area contributed by atoms with E-state index >= 15 is 0 Å². The van der Waals surface area contributed by atoms with Gasteiger partial charge in [0.1, 0.15) is 0 Å². The summed E-state index contributed by atoms with van der Waals surface area (Å²) in [7, 11) is 2.15. The number of H-pyrrole nitrogens is 1. The molecule has 138 valence electrons. The van der Waals surface area contributed by atoms with Gasteiger partial charge in [-0.3, -0.25) is 9.89 Å². The Morgan fingerprint density at radius 1 is 1.07 bits per heavy atom. The lowest BCUT2D eigenvalue weighted by Gasteiger charge is -2.34. The van der Waals surface area contributed by atoms with E-state index in [-0.39, 0.29) is 0 Å². The van der Waals surface area contributed by atoms with Crippen molar-refractivity contribution in [2.24, 2.45) is 5.73 Å². The fraction of sp³-hybridized carbons (Fsp3) is 0.238. The van der Waals surface area contributed by atoms with Gasteiger partial charge in [0.2, 0.25) is 5.91 Å². The van der Waals surface area contributed by atoms with Gasteiger partial charge in [0.05, 0.1) is 5.69 Å². The van der Waals surface area contributed by atoms with E-state index in [2.05, 4.69) is 39.2 Å². The van der Waals surface area contributed by atoms with Crippen LogP contribution in [0.4, 0.5) is 5.69 Å². The fourth-order valence-electron chi connectivity index (χ4n) is 3.62. The molecular weight excluding hydrogens is 338 g/mol. The summed E-state index contributed by atoms with van der Waals surface area (Å²) in [5.41, 5.74) is 11.0. The van der Waals surface area contributed by atoms with Crippen LogP contribution in [0.1, 0.15) is 10.4 Å². The van der Waals surface area contributed by atoms with Crippen LogP contribution in [0, 0.1) is 0 Å².